The third-order valence-corrected chi connectivity index (χ3v) is 3.56. The number of carbonyl (C=O) groups excluding carboxylic acids is 1. The maximum atomic E-state index is 12.2. The lowest BCUT2D eigenvalue weighted by Crippen LogP contribution is -2.42. The Morgan fingerprint density at radius 2 is 2.00 bits per heavy atom. The summed E-state index contributed by atoms with van der Waals surface area (Å²) < 4.78 is 5.42. The van der Waals surface area contributed by atoms with E-state index < -0.39 is 11.6 Å². The first-order chi connectivity index (χ1) is 9.69. The number of benzene rings is 1. The fraction of sp³-hybridized carbons (Fsp3) is 0.500. The Bertz CT molecular complexity index is 574. The number of rotatable bonds is 1. The van der Waals surface area contributed by atoms with Crippen molar-refractivity contribution >= 4 is 12.1 Å². The van der Waals surface area contributed by atoms with E-state index >= 15 is 0 Å². The van der Waals surface area contributed by atoms with Crippen LogP contribution in [0, 0.1) is 0 Å². The summed E-state index contributed by atoms with van der Waals surface area (Å²) in [7, 11) is 0. The van der Waals surface area contributed by atoms with Crippen molar-refractivity contribution in [2.24, 2.45) is 0 Å². The van der Waals surface area contributed by atoms with Gasteiger partial charge in [0.15, 0.2) is 0 Å². The number of ether oxygens (including phenoxy) is 1. The minimum Gasteiger partial charge on any atom is -0.478 e. The second kappa shape index (κ2) is 5.39. The molecular weight excluding hydrogens is 270 g/mol. The van der Waals surface area contributed by atoms with Crippen molar-refractivity contribution in [1.29, 1.82) is 0 Å². The number of hydrogen-bond acceptors (Lipinski definition) is 3. The van der Waals surface area contributed by atoms with E-state index in [0.717, 1.165) is 11.1 Å². The minimum atomic E-state index is -0.931. The van der Waals surface area contributed by atoms with E-state index in [9.17, 15) is 9.59 Å². The van der Waals surface area contributed by atoms with Crippen molar-refractivity contribution in [2.45, 2.75) is 45.8 Å². The number of hydrogen-bond donors (Lipinski definition) is 1. The molecule has 1 atom stereocenters. The van der Waals surface area contributed by atoms with Crippen molar-refractivity contribution in [3.05, 3.63) is 34.9 Å². The topological polar surface area (TPSA) is 66.8 Å². The second-order valence-corrected chi connectivity index (χ2v) is 6.32. The maximum Gasteiger partial charge on any atom is 0.410 e. The zero-order chi connectivity index (χ0) is 15.8. The molecule has 5 nitrogen and oxygen atoms in total. The van der Waals surface area contributed by atoms with E-state index in [2.05, 4.69) is 0 Å². The normalized spacial score (nSPS) is 18.1. The molecule has 1 amide bonds. The Hall–Kier alpha value is -2.04. The number of carboxylic acid groups (broad SMARTS) is 1. The lowest BCUT2D eigenvalue weighted by Gasteiger charge is -2.36. The first kappa shape index (κ1) is 15.4. The molecule has 0 radical (unpaired) electrons. The molecule has 0 saturated heterocycles. The summed E-state index contributed by atoms with van der Waals surface area (Å²) in [6.45, 7) is 7.99. The largest absolute Gasteiger partial charge is 0.478 e. The van der Waals surface area contributed by atoms with E-state index in [-0.39, 0.29) is 17.7 Å². The van der Waals surface area contributed by atoms with Gasteiger partial charge in [0.05, 0.1) is 11.6 Å². The van der Waals surface area contributed by atoms with Crippen molar-refractivity contribution in [3.63, 3.8) is 0 Å². The van der Waals surface area contributed by atoms with Gasteiger partial charge in [-0.15, -0.1) is 0 Å². The number of nitrogens with zero attached hydrogens (tertiary/aromatic N) is 1. The molecule has 1 unspecified atom stereocenters. The molecule has 5 heteroatoms. The summed E-state index contributed by atoms with van der Waals surface area (Å²) >= 11 is 0. The first-order valence-electron chi connectivity index (χ1n) is 7.05. The highest BCUT2D eigenvalue weighted by Gasteiger charge is 2.31. The van der Waals surface area contributed by atoms with Crippen LogP contribution < -0.4 is 0 Å². The van der Waals surface area contributed by atoms with Gasteiger partial charge >= 0.3 is 12.1 Å². The molecule has 0 fully saturated rings. The SMILES string of the molecule is CC1c2ccc(C(=O)O)cc2CCN1C(=O)OC(C)(C)C. The quantitative estimate of drug-likeness (QED) is 0.862. The van der Waals surface area contributed by atoms with Crippen LogP contribution in [0.1, 0.15) is 55.2 Å². The van der Waals surface area contributed by atoms with Crippen molar-refractivity contribution in [2.75, 3.05) is 6.54 Å². The van der Waals surface area contributed by atoms with Gasteiger partial charge in [0.25, 0.3) is 0 Å². The standard InChI is InChI=1S/C16H21NO4/c1-10-13-6-5-12(14(18)19)9-11(13)7-8-17(10)15(20)21-16(2,3)4/h5-6,9-10H,7-8H2,1-4H3,(H,18,19). The highest BCUT2D eigenvalue weighted by Crippen LogP contribution is 2.31. The highest BCUT2D eigenvalue weighted by molar-refractivity contribution is 5.88. The molecule has 0 aromatic heterocycles. The molecule has 2 rings (SSSR count). The summed E-state index contributed by atoms with van der Waals surface area (Å²) in [5.74, 6) is -0.931. The second-order valence-electron chi connectivity index (χ2n) is 6.32. The number of amides is 1. The Kier molecular flexibility index (Phi) is 3.94. The molecule has 0 bridgehead atoms. The average Bonchev–Trinajstić information content (AvgIpc) is 2.36. The summed E-state index contributed by atoms with van der Waals surface area (Å²) in [6, 6.07) is 4.95. The molecule has 1 aliphatic rings. The number of carbonyl (C=O) groups is 2. The molecule has 0 spiro atoms. The molecule has 0 saturated carbocycles. The monoisotopic (exact) mass is 291 g/mol. The Morgan fingerprint density at radius 3 is 2.57 bits per heavy atom. The molecule has 1 aliphatic heterocycles. The maximum absolute atomic E-state index is 12.2. The van der Waals surface area contributed by atoms with E-state index in [1.807, 2.05) is 27.7 Å². The summed E-state index contributed by atoms with van der Waals surface area (Å²) in [6.07, 6.45) is 0.308. The van der Waals surface area contributed by atoms with Crippen LogP contribution in [0.15, 0.2) is 18.2 Å². The highest BCUT2D eigenvalue weighted by atomic mass is 16.6. The van der Waals surface area contributed by atoms with Gasteiger partial charge in [-0.3, -0.25) is 0 Å². The lowest BCUT2D eigenvalue weighted by atomic mass is 9.92. The van der Waals surface area contributed by atoms with E-state index in [4.69, 9.17) is 9.84 Å². The summed E-state index contributed by atoms with van der Waals surface area (Å²) in [5, 5.41) is 9.04. The third kappa shape index (κ3) is 3.35. The van der Waals surface area contributed by atoms with E-state index in [1.54, 1.807) is 23.1 Å². The van der Waals surface area contributed by atoms with Gasteiger partial charge in [0, 0.05) is 6.54 Å². The number of carboxylic acids is 1. The molecule has 114 valence electrons. The van der Waals surface area contributed by atoms with Gasteiger partial charge in [-0.05, 0) is 57.4 Å². The number of aromatic carboxylic acids is 1. The van der Waals surface area contributed by atoms with Gasteiger partial charge in [0.2, 0.25) is 0 Å². The van der Waals surface area contributed by atoms with Crippen LogP contribution >= 0.6 is 0 Å². The average molecular weight is 291 g/mol. The Labute approximate surface area is 124 Å². The molecule has 21 heavy (non-hydrogen) atoms. The summed E-state index contributed by atoms with van der Waals surface area (Å²) in [5.41, 5.74) is 1.73. The van der Waals surface area contributed by atoms with E-state index in [1.165, 1.54) is 0 Å². The van der Waals surface area contributed by atoms with Gasteiger partial charge in [0.1, 0.15) is 5.60 Å². The smallest absolute Gasteiger partial charge is 0.410 e. The van der Waals surface area contributed by atoms with Gasteiger partial charge < -0.3 is 14.7 Å². The predicted octanol–water partition coefficient (Wildman–Crippen LogP) is 3.24. The van der Waals surface area contributed by atoms with Crippen molar-refractivity contribution in [1.82, 2.24) is 4.90 Å². The van der Waals surface area contributed by atoms with Crippen LogP contribution in [0.5, 0.6) is 0 Å². The Morgan fingerprint density at radius 1 is 1.33 bits per heavy atom. The fourth-order valence-electron chi connectivity index (χ4n) is 2.54. The van der Waals surface area contributed by atoms with Gasteiger partial charge in [-0.2, -0.15) is 0 Å². The lowest BCUT2D eigenvalue weighted by molar-refractivity contribution is 0.0159. The third-order valence-electron chi connectivity index (χ3n) is 3.56. The van der Waals surface area contributed by atoms with Crippen LogP contribution in [-0.2, 0) is 11.2 Å². The molecule has 1 aromatic rings. The Balaban J connectivity index is 2.23. The zero-order valence-corrected chi connectivity index (χ0v) is 12.8. The molecular formula is C16H21NO4. The molecule has 0 aliphatic carbocycles. The van der Waals surface area contributed by atoms with Crippen molar-refractivity contribution < 1.29 is 19.4 Å². The number of fused-ring (bicyclic) bond motifs is 1. The van der Waals surface area contributed by atoms with Crippen LogP contribution in [0.3, 0.4) is 0 Å². The molecule has 1 N–H and O–H groups in total. The van der Waals surface area contributed by atoms with Gasteiger partial charge in [-0.25, -0.2) is 9.59 Å². The van der Waals surface area contributed by atoms with Crippen LogP contribution in [0.2, 0.25) is 0 Å². The van der Waals surface area contributed by atoms with E-state index in [0.29, 0.717) is 13.0 Å². The van der Waals surface area contributed by atoms with Crippen LogP contribution in [0.4, 0.5) is 4.79 Å². The first-order valence-corrected chi connectivity index (χ1v) is 7.05. The fourth-order valence-corrected chi connectivity index (χ4v) is 2.54. The molecule has 1 aromatic carbocycles. The zero-order valence-electron chi connectivity index (χ0n) is 12.8. The minimum absolute atomic E-state index is 0.119. The van der Waals surface area contributed by atoms with Crippen LogP contribution in [0.25, 0.3) is 0 Å². The van der Waals surface area contributed by atoms with Crippen molar-refractivity contribution in [3.8, 4) is 0 Å². The summed E-state index contributed by atoms with van der Waals surface area (Å²) in [4.78, 5) is 24.9. The van der Waals surface area contributed by atoms with Gasteiger partial charge in [-0.1, -0.05) is 6.07 Å². The molecule has 1 heterocycles. The van der Waals surface area contributed by atoms with Crippen LogP contribution in [-0.4, -0.2) is 34.2 Å². The predicted molar refractivity (Wildman–Crippen MR) is 78.5 cm³/mol.